The highest BCUT2D eigenvalue weighted by molar-refractivity contribution is 6.07. The Labute approximate surface area is 179 Å². The van der Waals surface area contributed by atoms with Gasteiger partial charge in [-0.1, -0.05) is 38.1 Å². The summed E-state index contributed by atoms with van der Waals surface area (Å²) < 4.78 is 13.6. The third-order valence-corrected chi connectivity index (χ3v) is 6.17. The molecule has 1 amide bonds. The molecule has 2 aliphatic heterocycles. The van der Waals surface area contributed by atoms with Gasteiger partial charge in [-0.15, -0.1) is 0 Å². The first-order chi connectivity index (χ1) is 14.8. The van der Waals surface area contributed by atoms with Crippen molar-refractivity contribution in [2.45, 2.75) is 32.6 Å². The van der Waals surface area contributed by atoms with Crippen molar-refractivity contribution in [3.8, 4) is 6.07 Å². The predicted octanol–water partition coefficient (Wildman–Crippen LogP) is 4.55. The number of benzene rings is 2. The minimum Gasteiger partial charge on any atom is -0.307 e. The number of rotatable bonds is 1. The Morgan fingerprint density at radius 1 is 1.10 bits per heavy atom. The van der Waals surface area contributed by atoms with E-state index in [2.05, 4.69) is 11.4 Å². The van der Waals surface area contributed by atoms with Gasteiger partial charge < -0.3 is 5.32 Å². The molecule has 0 aromatic heterocycles. The van der Waals surface area contributed by atoms with Crippen molar-refractivity contribution in [1.29, 1.82) is 5.26 Å². The number of hydrogen-bond acceptors (Lipinski definition) is 4. The maximum Gasteiger partial charge on any atom is 0.258 e. The van der Waals surface area contributed by atoms with Gasteiger partial charge in [-0.05, 0) is 41.7 Å². The van der Waals surface area contributed by atoms with Crippen molar-refractivity contribution < 1.29 is 14.0 Å². The maximum atomic E-state index is 13.6. The predicted molar refractivity (Wildman–Crippen MR) is 113 cm³/mol. The summed E-state index contributed by atoms with van der Waals surface area (Å²) in [4.78, 5) is 28.1. The fourth-order valence-electron chi connectivity index (χ4n) is 4.90. The molecule has 0 bridgehead atoms. The summed E-state index contributed by atoms with van der Waals surface area (Å²) in [5, 5.41) is 13.0. The zero-order valence-corrected chi connectivity index (χ0v) is 17.2. The average molecular weight is 413 g/mol. The molecular weight excluding hydrogens is 393 g/mol. The van der Waals surface area contributed by atoms with Crippen LogP contribution in [-0.2, 0) is 4.79 Å². The quantitative estimate of drug-likeness (QED) is 0.744. The molecule has 0 unspecified atom stereocenters. The number of nitrogens with zero attached hydrogens (tertiary/aromatic N) is 2. The van der Waals surface area contributed by atoms with Gasteiger partial charge in [-0.2, -0.15) is 5.26 Å². The van der Waals surface area contributed by atoms with Crippen molar-refractivity contribution in [2.75, 3.05) is 4.90 Å². The number of carbonyl (C=O) groups excluding carboxylic acids is 2. The van der Waals surface area contributed by atoms with Crippen molar-refractivity contribution in [1.82, 2.24) is 5.32 Å². The second-order valence-electron chi connectivity index (χ2n) is 8.97. The van der Waals surface area contributed by atoms with Gasteiger partial charge in [0.2, 0.25) is 0 Å². The molecule has 0 spiro atoms. The lowest BCUT2D eigenvalue weighted by Crippen LogP contribution is -2.48. The van der Waals surface area contributed by atoms with Gasteiger partial charge in [0.05, 0.1) is 28.8 Å². The molecule has 5 nitrogen and oxygen atoms in total. The number of amides is 1. The van der Waals surface area contributed by atoms with Crippen molar-refractivity contribution >= 4 is 17.4 Å². The molecule has 0 saturated carbocycles. The Balaban J connectivity index is 1.83. The smallest absolute Gasteiger partial charge is 0.258 e. The number of allylic oxidation sites excluding steroid dienone is 3. The zero-order valence-electron chi connectivity index (χ0n) is 17.2. The van der Waals surface area contributed by atoms with Crippen LogP contribution in [-0.4, -0.2) is 11.7 Å². The Morgan fingerprint density at radius 3 is 2.52 bits per heavy atom. The number of hydrogen-bond donors (Lipinski definition) is 1. The molecule has 2 heterocycles. The normalized spacial score (nSPS) is 21.7. The number of Topliss-reactive ketones (excluding diaryl/α,β-unsaturated/α-hetero) is 1. The number of ketones is 1. The monoisotopic (exact) mass is 413 g/mol. The molecule has 1 N–H and O–H groups in total. The first-order valence-corrected chi connectivity index (χ1v) is 10.2. The molecule has 154 valence electrons. The fourth-order valence-corrected chi connectivity index (χ4v) is 4.90. The molecule has 1 atom stereocenters. The van der Waals surface area contributed by atoms with Gasteiger partial charge in [0.25, 0.3) is 5.91 Å². The third-order valence-electron chi connectivity index (χ3n) is 6.17. The lowest BCUT2D eigenvalue weighted by molar-refractivity contribution is -0.118. The lowest BCUT2D eigenvalue weighted by Gasteiger charge is -2.46. The fraction of sp³-hybridized carbons (Fsp3) is 0.240. The highest BCUT2D eigenvalue weighted by atomic mass is 19.1. The Bertz CT molecular complexity index is 1250. The molecule has 1 aliphatic carbocycles. The number of anilines is 1. The molecule has 5 rings (SSSR count). The minimum absolute atomic E-state index is 0.0262. The molecular formula is C25H20FN3O2. The topological polar surface area (TPSA) is 73.2 Å². The zero-order chi connectivity index (χ0) is 21.9. The molecule has 3 aliphatic rings. The number of nitriles is 1. The summed E-state index contributed by atoms with van der Waals surface area (Å²) in [5.41, 5.74) is 3.15. The van der Waals surface area contributed by atoms with Crippen LogP contribution in [0.15, 0.2) is 71.2 Å². The van der Waals surface area contributed by atoms with Gasteiger partial charge in [0.15, 0.2) is 5.78 Å². The summed E-state index contributed by atoms with van der Waals surface area (Å²) in [6.07, 6.45) is 0.970. The van der Waals surface area contributed by atoms with Crippen LogP contribution in [0.25, 0.3) is 0 Å². The molecule has 0 radical (unpaired) electrons. The van der Waals surface area contributed by atoms with Gasteiger partial charge in [0.1, 0.15) is 11.6 Å². The van der Waals surface area contributed by atoms with Gasteiger partial charge >= 0.3 is 0 Å². The van der Waals surface area contributed by atoms with Crippen LogP contribution >= 0.6 is 0 Å². The lowest BCUT2D eigenvalue weighted by atomic mass is 9.68. The van der Waals surface area contributed by atoms with E-state index in [0.717, 1.165) is 5.70 Å². The van der Waals surface area contributed by atoms with E-state index >= 15 is 0 Å². The number of carbonyl (C=O) groups is 2. The number of nitrogens with one attached hydrogen (secondary N) is 1. The number of halogens is 1. The molecule has 2 aromatic rings. The first kappa shape index (κ1) is 19.3. The molecule has 6 heteroatoms. The highest BCUT2D eigenvalue weighted by Gasteiger charge is 2.47. The largest absolute Gasteiger partial charge is 0.307 e. The standard InChI is InChI=1S/C25H20FN3O2/c1-25(2)11-19-22(20(30)12-25)21(14-7-9-15(26)10-8-14)17(13-27)23-28-24(31)16-5-3-4-6-18(16)29(19)23/h3-10,21H,11-12H2,1-2H3,(H,28,31)/t21-/m0/s1. The van der Waals surface area contributed by atoms with Crippen LogP contribution in [0.1, 0.15) is 48.5 Å². The average Bonchev–Trinajstić information content (AvgIpc) is 2.72. The summed E-state index contributed by atoms with van der Waals surface area (Å²) in [7, 11) is 0. The highest BCUT2D eigenvalue weighted by Crippen LogP contribution is 2.51. The van der Waals surface area contributed by atoms with Crippen LogP contribution in [0.2, 0.25) is 0 Å². The SMILES string of the molecule is CC1(C)CC(=O)C2=C(C1)N1C(=C(C#N)[C@@H]2c2ccc(F)cc2)NC(=O)c2ccccc21. The van der Waals surface area contributed by atoms with Crippen LogP contribution in [0, 0.1) is 22.6 Å². The Morgan fingerprint density at radius 2 is 1.81 bits per heavy atom. The van der Waals surface area contributed by atoms with E-state index in [0.29, 0.717) is 41.1 Å². The maximum absolute atomic E-state index is 13.6. The van der Waals surface area contributed by atoms with E-state index in [-0.39, 0.29) is 22.7 Å². The van der Waals surface area contributed by atoms with E-state index in [1.807, 2.05) is 30.9 Å². The first-order valence-electron chi connectivity index (χ1n) is 10.2. The van der Waals surface area contributed by atoms with Crippen molar-refractivity contribution in [3.05, 3.63) is 88.1 Å². The van der Waals surface area contributed by atoms with Crippen molar-refractivity contribution in [2.24, 2.45) is 5.41 Å². The van der Waals surface area contributed by atoms with Crippen LogP contribution in [0.3, 0.4) is 0 Å². The summed E-state index contributed by atoms with van der Waals surface area (Å²) in [5.74, 6) is -0.983. The molecule has 0 saturated heterocycles. The summed E-state index contributed by atoms with van der Waals surface area (Å²) in [6, 6.07) is 15.3. The van der Waals surface area contributed by atoms with Crippen LogP contribution < -0.4 is 10.2 Å². The van der Waals surface area contributed by atoms with E-state index < -0.39 is 11.7 Å². The van der Waals surface area contributed by atoms with Crippen LogP contribution in [0.4, 0.5) is 10.1 Å². The van der Waals surface area contributed by atoms with E-state index in [4.69, 9.17) is 0 Å². The van der Waals surface area contributed by atoms with E-state index in [1.165, 1.54) is 12.1 Å². The van der Waals surface area contributed by atoms with E-state index in [1.54, 1.807) is 24.3 Å². The van der Waals surface area contributed by atoms with Gasteiger partial charge in [-0.3, -0.25) is 14.5 Å². The second-order valence-corrected chi connectivity index (χ2v) is 8.97. The molecule has 2 aromatic carbocycles. The van der Waals surface area contributed by atoms with Gasteiger partial charge in [-0.25, -0.2) is 4.39 Å². The van der Waals surface area contributed by atoms with Crippen LogP contribution in [0.5, 0.6) is 0 Å². The summed E-state index contributed by atoms with van der Waals surface area (Å²) in [6.45, 7) is 4.08. The third kappa shape index (κ3) is 2.89. The van der Waals surface area contributed by atoms with Gasteiger partial charge in [0, 0.05) is 17.7 Å². The van der Waals surface area contributed by atoms with E-state index in [9.17, 15) is 19.2 Å². The summed E-state index contributed by atoms with van der Waals surface area (Å²) >= 11 is 0. The van der Waals surface area contributed by atoms with Crippen molar-refractivity contribution in [3.63, 3.8) is 0 Å². The second kappa shape index (κ2) is 6.64. The number of para-hydroxylation sites is 1. The molecule has 31 heavy (non-hydrogen) atoms. The number of fused-ring (bicyclic) bond motifs is 4. The molecule has 0 fully saturated rings. The Hall–Kier alpha value is -3.72. The Kier molecular flexibility index (Phi) is 4.13. The minimum atomic E-state index is -0.652.